The van der Waals surface area contributed by atoms with Gasteiger partial charge in [0.25, 0.3) is 0 Å². The van der Waals surface area contributed by atoms with E-state index in [0.717, 1.165) is 51.0 Å². The van der Waals surface area contributed by atoms with Crippen LogP contribution >= 0.6 is 23.2 Å². The maximum absolute atomic E-state index is 13.1. The molecule has 1 aliphatic heterocycles. The summed E-state index contributed by atoms with van der Waals surface area (Å²) in [5.41, 5.74) is 1.16. The van der Waals surface area contributed by atoms with E-state index in [1.165, 1.54) is 58.2 Å². The summed E-state index contributed by atoms with van der Waals surface area (Å²) in [5.74, 6) is 0.294. The summed E-state index contributed by atoms with van der Waals surface area (Å²) < 4.78 is 0. The molecule has 0 aromatic heterocycles. The molecule has 1 amide bonds. The lowest BCUT2D eigenvalue weighted by Gasteiger charge is -2.34. The quantitative estimate of drug-likeness (QED) is 0.364. The van der Waals surface area contributed by atoms with Gasteiger partial charge in [0, 0.05) is 32.1 Å². The number of nitrogens with one attached hydrogen (secondary N) is 2. The van der Waals surface area contributed by atoms with Crippen molar-refractivity contribution in [2.75, 3.05) is 52.4 Å². The Hall–Kier alpha value is -0.850. The molecular formula is C26H42Cl2N4O. The minimum atomic E-state index is 0.294. The van der Waals surface area contributed by atoms with Gasteiger partial charge < -0.3 is 20.4 Å². The second-order valence-electron chi connectivity index (χ2n) is 9.53. The second kappa shape index (κ2) is 15.2. The Balaban J connectivity index is 1.33. The predicted octanol–water partition coefficient (Wildman–Crippen LogP) is 4.75. The molecule has 0 bridgehead atoms. The standard InChI is InChI=1S/C26H42Cl2N4O/c27-24-10-9-22(21-25(24)28)11-14-30-15-12-26(33)32(23-7-2-1-3-8-23)20-16-29-13-6-19-31-17-4-5-18-31/h9-10,21,23,29-30H,1-8,11-20H2. The first-order valence-electron chi connectivity index (χ1n) is 13.0. The summed E-state index contributed by atoms with van der Waals surface area (Å²) in [6.07, 6.45) is 11.5. The van der Waals surface area contributed by atoms with Crippen LogP contribution in [0.2, 0.25) is 10.0 Å². The molecule has 5 nitrogen and oxygen atoms in total. The first-order valence-corrected chi connectivity index (χ1v) is 13.8. The third kappa shape index (κ3) is 9.73. The fourth-order valence-electron chi connectivity index (χ4n) is 5.05. The van der Waals surface area contributed by atoms with E-state index >= 15 is 0 Å². The molecule has 33 heavy (non-hydrogen) atoms. The van der Waals surface area contributed by atoms with Crippen molar-refractivity contribution in [1.82, 2.24) is 20.4 Å². The molecule has 1 aromatic rings. The van der Waals surface area contributed by atoms with Crippen LogP contribution in [0.4, 0.5) is 0 Å². The highest BCUT2D eigenvalue weighted by Gasteiger charge is 2.24. The van der Waals surface area contributed by atoms with Crippen molar-refractivity contribution in [1.29, 1.82) is 0 Å². The number of carbonyl (C=O) groups excluding carboxylic acids is 1. The van der Waals surface area contributed by atoms with E-state index < -0.39 is 0 Å². The average molecular weight is 498 g/mol. The van der Waals surface area contributed by atoms with Gasteiger partial charge in [-0.25, -0.2) is 0 Å². The van der Waals surface area contributed by atoms with Gasteiger partial charge in [0.15, 0.2) is 0 Å². The van der Waals surface area contributed by atoms with E-state index in [1.807, 2.05) is 18.2 Å². The van der Waals surface area contributed by atoms with E-state index in [2.05, 4.69) is 20.4 Å². The SMILES string of the molecule is O=C(CCNCCc1ccc(Cl)c(Cl)c1)N(CCNCCCN1CCCC1)C1CCCCC1. The monoisotopic (exact) mass is 496 g/mol. The van der Waals surface area contributed by atoms with E-state index in [1.54, 1.807) is 0 Å². The molecule has 7 heteroatoms. The fourth-order valence-corrected chi connectivity index (χ4v) is 5.37. The van der Waals surface area contributed by atoms with Crippen LogP contribution in [0.1, 0.15) is 63.4 Å². The van der Waals surface area contributed by atoms with Crippen molar-refractivity contribution in [3.63, 3.8) is 0 Å². The van der Waals surface area contributed by atoms with Crippen LogP contribution in [0, 0.1) is 0 Å². The normalized spacial score (nSPS) is 17.5. The van der Waals surface area contributed by atoms with Crippen LogP contribution in [0.5, 0.6) is 0 Å². The smallest absolute Gasteiger partial charge is 0.224 e. The number of amides is 1. The van der Waals surface area contributed by atoms with Gasteiger partial charge in [0.2, 0.25) is 5.91 Å². The molecule has 1 heterocycles. The van der Waals surface area contributed by atoms with Crippen molar-refractivity contribution in [2.24, 2.45) is 0 Å². The van der Waals surface area contributed by atoms with E-state index in [0.29, 0.717) is 35.0 Å². The summed E-state index contributed by atoms with van der Waals surface area (Å²) in [4.78, 5) is 17.8. The maximum atomic E-state index is 13.1. The lowest BCUT2D eigenvalue weighted by Crippen LogP contribution is -2.45. The van der Waals surface area contributed by atoms with Gasteiger partial charge in [-0.1, -0.05) is 48.5 Å². The van der Waals surface area contributed by atoms with Crippen molar-refractivity contribution in [2.45, 2.75) is 70.3 Å². The van der Waals surface area contributed by atoms with Crippen molar-refractivity contribution in [3.05, 3.63) is 33.8 Å². The van der Waals surface area contributed by atoms with Crippen LogP contribution in [-0.4, -0.2) is 74.1 Å². The van der Waals surface area contributed by atoms with Gasteiger partial charge in [-0.15, -0.1) is 0 Å². The molecule has 2 fully saturated rings. The molecular weight excluding hydrogens is 455 g/mol. The fraction of sp³-hybridized carbons (Fsp3) is 0.731. The number of hydrogen-bond acceptors (Lipinski definition) is 4. The van der Waals surface area contributed by atoms with Crippen molar-refractivity contribution < 1.29 is 4.79 Å². The molecule has 2 N–H and O–H groups in total. The lowest BCUT2D eigenvalue weighted by atomic mass is 9.94. The molecule has 1 saturated heterocycles. The van der Waals surface area contributed by atoms with Crippen molar-refractivity contribution >= 4 is 29.1 Å². The van der Waals surface area contributed by atoms with Crippen molar-refractivity contribution in [3.8, 4) is 0 Å². The van der Waals surface area contributed by atoms with Crippen LogP contribution in [-0.2, 0) is 11.2 Å². The third-order valence-corrected chi connectivity index (χ3v) is 7.72. The summed E-state index contributed by atoms with van der Waals surface area (Å²) in [5, 5.41) is 8.18. The van der Waals surface area contributed by atoms with Crippen LogP contribution in [0.15, 0.2) is 18.2 Å². The minimum Gasteiger partial charge on any atom is -0.338 e. The number of benzene rings is 1. The predicted molar refractivity (Wildman–Crippen MR) is 139 cm³/mol. The highest BCUT2D eigenvalue weighted by molar-refractivity contribution is 6.42. The number of hydrogen-bond donors (Lipinski definition) is 2. The number of carbonyl (C=O) groups is 1. The molecule has 0 atom stereocenters. The van der Waals surface area contributed by atoms with Gasteiger partial charge in [-0.3, -0.25) is 4.79 Å². The molecule has 0 radical (unpaired) electrons. The van der Waals surface area contributed by atoms with E-state index in [-0.39, 0.29) is 0 Å². The first-order chi connectivity index (χ1) is 16.1. The Morgan fingerprint density at radius 1 is 0.939 bits per heavy atom. The molecule has 1 aliphatic carbocycles. The van der Waals surface area contributed by atoms with Gasteiger partial charge in [-0.2, -0.15) is 0 Å². The number of nitrogens with zero attached hydrogens (tertiary/aromatic N) is 2. The van der Waals surface area contributed by atoms with Crippen LogP contribution in [0.25, 0.3) is 0 Å². The summed E-state index contributed by atoms with van der Waals surface area (Å²) >= 11 is 12.1. The van der Waals surface area contributed by atoms with Crippen LogP contribution in [0.3, 0.4) is 0 Å². The Bertz CT molecular complexity index is 706. The largest absolute Gasteiger partial charge is 0.338 e. The highest BCUT2D eigenvalue weighted by Crippen LogP contribution is 2.23. The summed E-state index contributed by atoms with van der Waals surface area (Å²) in [6, 6.07) is 6.18. The molecule has 1 aromatic carbocycles. The van der Waals surface area contributed by atoms with E-state index in [4.69, 9.17) is 23.2 Å². The topological polar surface area (TPSA) is 47.6 Å². The van der Waals surface area contributed by atoms with Gasteiger partial charge in [0.1, 0.15) is 0 Å². The Kier molecular flexibility index (Phi) is 12.3. The zero-order chi connectivity index (χ0) is 23.3. The Morgan fingerprint density at radius 2 is 1.70 bits per heavy atom. The van der Waals surface area contributed by atoms with Crippen LogP contribution < -0.4 is 10.6 Å². The third-order valence-electron chi connectivity index (χ3n) is 6.98. The molecule has 2 aliphatic rings. The molecule has 3 rings (SSSR count). The minimum absolute atomic E-state index is 0.294. The summed E-state index contributed by atoms with van der Waals surface area (Å²) in [7, 11) is 0. The second-order valence-corrected chi connectivity index (χ2v) is 10.3. The van der Waals surface area contributed by atoms with E-state index in [9.17, 15) is 4.79 Å². The summed E-state index contributed by atoms with van der Waals surface area (Å²) in [6.45, 7) is 8.05. The molecule has 186 valence electrons. The van der Waals surface area contributed by atoms with Gasteiger partial charge in [-0.05, 0) is 88.9 Å². The molecule has 1 saturated carbocycles. The Labute approximate surface area is 210 Å². The maximum Gasteiger partial charge on any atom is 0.224 e. The number of likely N-dealkylation sites (tertiary alicyclic amines) is 1. The number of halogens is 2. The highest BCUT2D eigenvalue weighted by atomic mass is 35.5. The molecule has 0 unspecified atom stereocenters. The van der Waals surface area contributed by atoms with Gasteiger partial charge >= 0.3 is 0 Å². The average Bonchev–Trinajstić information content (AvgIpc) is 3.34. The number of rotatable bonds is 14. The zero-order valence-corrected chi connectivity index (χ0v) is 21.6. The molecule has 0 spiro atoms. The van der Waals surface area contributed by atoms with Gasteiger partial charge in [0.05, 0.1) is 10.0 Å². The Morgan fingerprint density at radius 3 is 2.45 bits per heavy atom. The zero-order valence-electron chi connectivity index (χ0n) is 20.1. The first kappa shape index (κ1) is 26.7. The lowest BCUT2D eigenvalue weighted by molar-refractivity contribution is -0.134.